The van der Waals surface area contributed by atoms with Gasteiger partial charge in [0.05, 0.1) is 0 Å². The Morgan fingerprint density at radius 2 is 2.33 bits per heavy atom. The molecule has 78 valence electrons. The molecule has 0 saturated carbocycles. The third-order valence-corrected chi connectivity index (χ3v) is 4.24. The molecule has 1 saturated heterocycles. The standard InChI is InChI=1S/C11H14NO.BrH.Zn/c1-9-8-10(5-6-12-9)11-4-2-3-7-13-11;;/h2,5-6,8,11H,3-4,7H2,1H3;1H;/q;;+1/p-1/t11-;;/m0../s1. The van der Waals surface area contributed by atoms with Gasteiger partial charge < -0.3 is 17.0 Å². The third-order valence-electron chi connectivity index (χ3n) is 2.69. The molecule has 0 aliphatic carbocycles. The molecule has 0 radical (unpaired) electrons. The van der Waals surface area contributed by atoms with Crippen LogP contribution < -0.4 is 17.0 Å². The van der Waals surface area contributed by atoms with Crippen LogP contribution in [0.2, 0.25) is 4.51 Å². The first-order valence-corrected chi connectivity index (χ1v) is 6.84. The van der Waals surface area contributed by atoms with Crippen LogP contribution in [-0.4, -0.2) is 11.6 Å². The summed E-state index contributed by atoms with van der Waals surface area (Å²) in [4.78, 5) is 4.21. The van der Waals surface area contributed by atoms with Gasteiger partial charge in [0, 0.05) is 0 Å². The molecule has 1 aliphatic rings. The number of ether oxygens (including phenoxy) is 1. The molecule has 4 heteroatoms. The van der Waals surface area contributed by atoms with Gasteiger partial charge in [0.25, 0.3) is 0 Å². The Kier molecular flexibility index (Phi) is 5.38. The molecule has 1 aromatic rings. The largest absolute Gasteiger partial charge is 1.00 e. The smallest absolute Gasteiger partial charge is 1.00 e. The molecule has 2 atom stereocenters. The van der Waals surface area contributed by atoms with Gasteiger partial charge in [0.1, 0.15) is 0 Å². The van der Waals surface area contributed by atoms with Crippen LogP contribution in [0.4, 0.5) is 0 Å². The SMILES string of the molecule is Cc1cc([C@@H]2C[C@@H]([Zn+])CCO2)ccn1.[Br-]. The van der Waals surface area contributed by atoms with Crippen molar-refractivity contribution >= 4 is 0 Å². The number of rotatable bonds is 1. The summed E-state index contributed by atoms with van der Waals surface area (Å²) in [5.74, 6) is 0. The van der Waals surface area contributed by atoms with Gasteiger partial charge in [-0.1, -0.05) is 0 Å². The van der Waals surface area contributed by atoms with Crippen LogP contribution in [0.5, 0.6) is 0 Å². The Morgan fingerprint density at radius 3 is 3.00 bits per heavy atom. The molecule has 1 aromatic heterocycles. The molecule has 0 bridgehead atoms. The first kappa shape index (κ1) is 13.3. The number of hydrogen-bond donors (Lipinski definition) is 0. The molecule has 1 aliphatic heterocycles. The predicted molar refractivity (Wildman–Crippen MR) is 50.7 cm³/mol. The van der Waals surface area contributed by atoms with E-state index < -0.39 is 0 Å². The molecule has 2 rings (SSSR count). The van der Waals surface area contributed by atoms with Crippen molar-refractivity contribution < 1.29 is 40.0 Å². The van der Waals surface area contributed by atoms with Crippen molar-refractivity contribution in [3.8, 4) is 0 Å². The summed E-state index contributed by atoms with van der Waals surface area (Å²) in [6.45, 7) is 2.96. The van der Waals surface area contributed by atoms with Crippen LogP contribution in [-0.2, 0) is 23.0 Å². The van der Waals surface area contributed by atoms with Crippen molar-refractivity contribution in [2.75, 3.05) is 6.61 Å². The fraction of sp³-hybridized carbons (Fsp3) is 0.545. The summed E-state index contributed by atoms with van der Waals surface area (Å²) in [6, 6.07) is 4.22. The summed E-state index contributed by atoms with van der Waals surface area (Å²) in [6.07, 6.45) is 4.65. The van der Waals surface area contributed by atoms with E-state index in [4.69, 9.17) is 4.74 Å². The van der Waals surface area contributed by atoms with Gasteiger partial charge in [-0.3, -0.25) is 0 Å². The molecule has 15 heavy (non-hydrogen) atoms. The molecular weight excluding hydrogens is 307 g/mol. The van der Waals surface area contributed by atoms with E-state index in [0.717, 1.165) is 16.8 Å². The summed E-state index contributed by atoms with van der Waals surface area (Å²) in [5.41, 5.74) is 2.39. The van der Waals surface area contributed by atoms with E-state index in [9.17, 15) is 0 Å². The van der Waals surface area contributed by atoms with Gasteiger partial charge in [-0.2, -0.15) is 0 Å². The van der Waals surface area contributed by atoms with Crippen molar-refractivity contribution in [2.45, 2.75) is 30.4 Å². The fourth-order valence-electron chi connectivity index (χ4n) is 1.87. The molecule has 0 aromatic carbocycles. The number of aryl methyl sites for hydroxylation is 1. The molecule has 2 nitrogen and oxygen atoms in total. The molecule has 0 N–H and O–H groups in total. The van der Waals surface area contributed by atoms with Gasteiger partial charge in [0.2, 0.25) is 0 Å². The van der Waals surface area contributed by atoms with E-state index in [-0.39, 0.29) is 17.0 Å². The van der Waals surface area contributed by atoms with E-state index in [1.165, 1.54) is 36.7 Å². The van der Waals surface area contributed by atoms with Gasteiger partial charge in [-0.05, 0) is 0 Å². The molecule has 0 amide bonds. The Balaban J connectivity index is 0.00000112. The molecule has 0 unspecified atom stereocenters. The Morgan fingerprint density at radius 1 is 1.53 bits per heavy atom. The average Bonchev–Trinajstić information content (AvgIpc) is 2.18. The normalized spacial score (nSPS) is 25.8. The zero-order valence-corrected chi connectivity index (χ0v) is 13.5. The number of pyridine rings is 1. The quantitative estimate of drug-likeness (QED) is 0.656. The molecule has 2 heterocycles. The molecular formula is C11H14BrNOZn. The summed E-state index contributed by atoms with van der Waals surface area (Å²) >= 11 is 1.39. The second-order valence-electron chi connectivity index (χ2n) is 3.98. The fourth-order valence-corrected chi connectivity index (χ4v) is 2.85. The maximum absolute atomic E-state index is 5.78. The van der Waals surface area contributed by atoms with E-state index in [1.807, 2.05) is 13.1 Å². The minimum atomic E-state index is 0. The van der Waals surface area contributed by atoms with E-state index >= 15 is 0 Å². The third kappa shape index (κ3) is 3.62. The van der Waals surface area contributed by atoms with Gasteiger partial charge in [-0.25, -0.2) is 0 Å². The summed E-state index contributed by atoms with van der Waals surface area (Å²) < 4.78 is 6.69. The van der Waals surface area contributed by atoms with Crippen molar-refractivity contribution in [2.24, 2.45) is 0 Å². The van der Waals surface area contributed by atoms with Gasteiger partial charge >= 0.3 is 94.6 Å². The molecule has 1 fully saturated rings. The van der Waals surface area contributed by atoms with Gasteiger partial charge in [-0.15, -0.1) is 0 Å². The van der Waals surface area contributed by atoms with E-state index in [1.54, 1.807) is 0 Å². The summed E-state index contributed by atoms with van der Waals surface area (Å²) in [7, 11) is 0. The van der Waals surface area contributed by atoms with Crippen LogP contribution in [0.25, 0.3) is 0 Å². The average molecular weight is 322 g/mol. The Hall–Kier alpha value is 0.213. The zero-order chi connectivity index (χ0) is 9.97. The maximum Gasteiger partial charge on any atom is -1.00 e. The van der Waals surface area contributed by atoms with E-state index in [0.29, 0.717) is 6.10 Å². The van der Waals surface area contributed by atoms with Crippen molar-refractivity contribution in [3.63, 3.8) is 0 Å². The minimum Gasteiger partial charge on any atom is -1.00 e. The maximum atomic E-state index is 5.78. The second kappa shape index (κ2) is 6.07. The van der Waals surface area contributed by atoms with Crippen LogP contribution in [0.15, 0.2) is 18.3 Å². The zero-order valence-electron chi connectivity index (χ0n) is 8.95. The number of halogens is 1. The predicted octanol–water partition coefficient (Wildman–Crippen LogP) is -0.419. The monoisotopic (exact) mass is 319 g/mol. The first-order valence-electron chi connectivity index (χ1n) is 5.13. The van der Waals surface area contributed by atoms with Crippen LogP contribution in [0.3, 0.4) is 0 Å². The Bertz CT molecular complexity index is 321. The van der Waals surface area contributed by atoms with Crippen LogP contribution in [0, 0.1) is 6.92 Å². The Labute approximate surface area is 111 Å². The topological polar surface area (TPSA) is 22.1 Å². The summed E-state index contributed by atoms with van der Waals surface area (Å²) in [5, 5.41) is 0. The first-order chi connectivity index (χ1) is 6.75. The van der Waals surface area contributed by atoms with Crippen molar-refractivity contribution in [1.82, 2.24) is 4.98 Å². The van der Waals surface area contributed by atoms with E-state index in [2.05, 4.69) is 17.1 Å². The number of hydrogen-bond acceptors (Lipinski definition) is 2. The van der Waals surface area contributed by atoms with Crippen LogP contribution in [0.1, 0.15) is 30.2 Å². The minimum absolute atomic E-state index is 0. The number of aromatic nitrogens is 1. The second-order valence-corrected chi connectivity index (χ2v) is 6.40. The number of nitrogens with zero attached hydrogens (tertiary/aromatic N) is 1. The van der Waals surface area contributed by atoms with Crippen molar-refractivity contribution in [1.29, 1.82) is 0 Å². The van der Waals surface area contributed by atoms with Crippen molar-refractivity contribution in [3.05, 3.63) is 29.6 Å². The molecule has 0 spiro atoms. The van der Waals surface area contributed by atoms with Crippen LogP contribution >= 0.6 is 0 Å². The van der Waals surface area contributed by atoms with Gasteiger partial charge in [0.15, 0.2) is 0 Å².